The minimum Gasteiger partial charge on any atom is -0.462 e. The van der Waals surface area contributed by atoms with Crippen LogP contribution in [0.2, 0.25) is 0 Å². The van der Waals surface area contributed by atoms with Gasteiger partial charge in [-0.1, -0.05) is 25.5 Å². The molecular weight excluding hydrogens is 416 g/mol. The molecule has 3 fully saturated rings. The Balaban J connectivity index is 1.55. The number of aromatic nitrogens is 2. The van der Waals surface area contributed by atoms with Gasteiger partial charge >= 0.3 is 11.9 Å². The average molecular weight is 453 g/mol. The lowest BCUT2D eigenvalue weighted by Crippen LogP contribution is -2.52. The summed E-state index contributed by atoms with van der Waals surface area (Å²) in [5, 5.41) is 0. The van der Waals surface area contributed by atoms with Gasteiger partial charge in [-0.05, 0) is 67.3 Å². The quantitative estimate of drug-likeness (QED) is 0.593. The SMILES string of the molecule is CC(=O)OC1CCC2(C)C(=C/C(=C/n3ccnc3)C3C2CCC2(C)C(OC(C)=O)CCC32)C1. The smallest absolute Gasteiger partial charge is 0.302 e. The van der Waals surface area contributed by atoms with Gasteiger partial charge in [0.25, 0.3) is 0 Å². The van der Waals surface area contributed by atoms with Crippen molar-refractivity contribution in [1.82, 2.24) is 9.55 Å². The summed E-state index contributed by atoms with van der Waals surface area (Å²) in [6.45, 7) is 7.83. The molecule has 1 heterocycles. The first-order valence-electron chi connectivity index (χ1n) is 12.5. The van der Waals surface area contributed by atoms with Crippen LogP contribution < -0.4 is 0 Å². The van der Waals surface area contributed by atoms with E-state index in [-0.39, 0.29) is 35.0 Å². The van der Waals surface area contributed by atoms with Crippen LogP contribution in [0.15, 0.2) is 35.9 Å². The number of imidazole rings is 1. The Morgan fingerprint density at radius 3 is 2.55 bits per heavy atom. The number of esters is 2. The van der Waals surface area contributed by atoms with Crippen LogP contribution in [-0.4, -0.2) is 33.7 Å². The molecule has 0 spiro atoms. The van der Waals surface area contributed by atoms with E-state index in [9.17, 15) is 9.59 Å². The highest BCUT2D eigenvalue weighted by molar-refractivity contribution is 5.66. The molecule has 0 saturated heterocycles. The fraction of sp³-hybridized carbons (Fsp3) is 0.667. The minimum absolute atomic E-state index is 0.00771. The first kappa shape index (κ1) is 22.4. The minimum atomic E-state index is -0.192. The van der Waals surface area contributed by atoms with Gasteiger partial charge in [0.15, 0.2) is 0 Å². The van der Waals surface area contributed by atoms with Crippen molar-refractivity contribution in [3.05, 3.63) is 35.9 Å². The highest BCUT2D eigenvalue weighted by Gasteiger charge is 2.60. The van der Waals surface area contributed by atoms with Crippen LogP contribution in [0, 0.1) is 28.6 Å². The third-order valence-electron chi connectivity index (χ3n) is 9.36. The van der Waals surface area contributed by atoms with E-state index in [2.05, 4.69) is 31.1 Å². The van der Waals surface area contributed by atoms with Crippen molar-refractivity contribution in [1.29, 1.82) is 0 Å². The fourth-order valence-electron chi connectivity index (χ4n) is 7.79. The summed E-state index contributed by atoms with van der Waals surface area (Å²) in [4.78, 5) is 27.7. The molecule has 0 radical (unpaired) electrons. The van der Waals surface area contributed by atoms with Gasteiger partial charge in [-0.3, -0.25) is 9.59 Å². The van der Waals surface area contributed by atoms with Gasteiger partial charge < -0.3 is 14.0 Å². The van der Waals surface area contributed by atoms with Crippen molar-refractivity contribution in [2.45, 2.75) is 84.8 Å². The summed E-state index contributed by atoms with van der Waals surface area (Å²) in [6.07, 6.45) is 17.3. The van der Waals surface area contributed by atoms with Gasteiger partial charge in [-0.2, -0.15) is 0 Å². The van der Waals surface area contributed by atoms with Gasteiger partial charge in [0.1, 0.15) is 12.2 Å². The van der Waals surface area contributed by atoms with Gasteiger partial charge in [-0.15, -0.1) is 0 Å². The highest BCUT2D eigenvalue weighted by atomic mass is 16.5. The lowest BCUT2D eigenvalue weighted by atomic mass is 9.47. The van der Waals surface area contributed by atoms with Crippen molar-refractivity contribution in [3.8, 4) is 0 Å². The molecule has 178 valence electrons. The monoisotopic (exact) mass is 452 g/mol. The lowest BCUT2D eigenvalue weighted by molar-refractivity contribution is -0.156. The van der Waals surface area contributed by atoms with Crippen LogP contribution in [0.5, 0.6) is 0 Å². The molecule has 0 N–H and O–H groups in total. The van der Waals surface area contributed by atoms with Gasteiger partial charge in [0.05, 0.1) is 6.33 Å². The number of rotatable bonds is 3. The number of fused-ring (bicyclic) bond motifs is 5. The van der Waals surface area contributed by atoms with E-state index < -0.39 is 0 Å². The van der Waals surface area contributed by atoms with E-state index in [0.717, 1.165) is 44.9 Å². The van der Waals surface area contributed by atoms with Crippen molar-refractivity contribution < 1.29 is 19.1 Å². The Bertz CT molecular complexity index is 996. The Hall–Kier alpha value is -2.37. The van der Waals surface area contributed by atoms with Crippen molar-refractivity contribution in [2.75, 3.05) is 0 Å². The summed E-state index contributed by atoms with van der Waals surface area (Å²) in [7, 11) is 0. The predicted octanol–water partition coefficient (Wildman–Crippen LogP) is 5.16. The second-order valence-electron chi connectivity index (χ2n) is 11.2. The van der Waals surface area contributed by atoms with Crippen LogP contribution in [0.3, 0.4) is 0 Å². The van der Waals surface area contributed by atoms with Crippen LogP contribution >= 0.6 is 0 Å². The number of nitrogens with zero attached hydrogens (tertiary/aromatic N) is 2. The largest absolute Gasteiger partial charge is 0.462 e. The van der Waals surface area contributed by atoms with Crippen molar-refractivity contribution >= 4 is 18.1 Å². The number of hydrogen-bond acceptors (Lipinski definition) is 5. The zero-order valence-electron chi connectivity index (χ0n) is 20.3. The van der Waals surface area contributed by atoms with E-state index >= 15 is 0 Å². The maximum Gasteiger partial charge on any atom is 0.302 e. The third-order valence-corrected chi connectivity index (χ3v) is 9.36. The molecule has 7 unspecified atom stereocenters. The Labute approximate surface area is 196 Å². The second-order valence-corrected chi connectivity index (χ2v) is 11.2. The molecule has 1 aromatic heterocycles. The van der Waals surface area contributed by atoms with Crippen molar-refractivity contribution in [3.63, 3.8) is 0 Å². The van der Waals surface area contributed by atoms with Gasteiger partial charge in [-0.25, -0.2) is 4.98 Å². The molecule has 4 aliphatic rings. The molecular formula is C27H36N2O4. The molecule has 0 amide bonds. The van der Waals surface area contributed by atoms with Crippen LogP contribution in [0.4, 0.5) is 0 Å². The Morgan fingerprint density at radius 1 is 1.06 bits per heavy atom. The van der Waals surface area contributed by atoms with E-state index in [4.69, 9.17) is 9.47 Å². The zero-order chi connectivity index (χ0) is 23.4. The average Bonchev–Trinajstić information content (AvgIpc) is 3.36. The number of carbonyl (C=O) groups excluding carboxylic acids is 2. The van der Waals surface area contributed by atoms with E-state index in [0.29, 0.717) is 17.8 Å². The van der Waals surface area contributed by atoms with Crippen LogP contribution in [0.25, 0.3) is 6.20 Å². The maximum atomic E-state index is 11.8. The van der Waals surface area contributed by atoms with Crippen molar-refractivity contribution in [2.24, 2.45) is 28.6 Å². The van der Waals surface area contributed by atoms with E-state index in [1.165, 1.54) is 25.0 Å². The van der Waals surface area contributed by atoms with Crippen LogP contribution in [0.1, 0.15) is 72.6 Å². The molecule has 7 atom stereocenters. The third kappa shape index (κ3) is 3.75. The highest BCUT2D eigenvalue weighted by Crippen LogP contribution is 2.66. The molecule has 5 rings (SSSR count). The fourth-order valence-corrected chi connectivity index (χ4v) is 7.79. The maximum absolute atomic E-state index is 11.8. The van der Waals surface area contributed by atoms with Gasteiger partial charge in [0.2, 0.25) is 0 Å². The molecule has 4 aliphatic carbocycles. The Morgan fingerprint density at radius 2 is 1.85 bits per heavy atom. The summed E-state index contributed by atoms with van der Waals surface area (Å²) < 4.78 is 13.5. The summed E-state index contributed by atoms with van der Waals surface area (Å²) in [5.74, 6) is 1.09. The molecule has 33 heavy (non-hydrogen) atoms. The molecule has 0 aliphatic heterocycles. The molecule has 3 saturated carbocycles. The van der Waals surface area contributed by atoms with E-state index in [1.807, 2.05) is 23.3 Å². The molecule has 6 nitrogen and oxygen atoms in total. The summed E-state index contributed by atoms with van der Waals surface area (Å²) in [6, 6.07) is 0. The number of ether oxygens (including phenoxy) is 2. The summed E-state index contributed by atoms with van der Waals surface area (Å²) in [5.41, 5.74) is 2.89. The Kier molecular flexibility index (Phi) is 5.53. The molecule has 0 aromatic carbocycles. The van der Waals surface area contributed by atoms with Gasteiger partial charge in [0, 0.05) is 44.3 Å². The predicted molar refractivity (Wildman–Crippen MR) is 125 cm³/mol. The first-order valence-corrected chi connectivity index (χ1v) is 12.5. The first-order chi connectivity index (χ1) is 15.7. The topological polar surface area (TPSA) is 70.4 Å². The second kappa shape index (κ2) is 8.14. The number of hydrogen-bond donors (Lipinski definition) is 0. The number of carbonyl (C=O) groups is 2. The van der Waals surface area contributed by atoms with Crippen LogP contribution in [-0.2, 0) is 19.1 Å². The number of allylic oxidation sites excluding steroid dienone is 2. The molecule has 0 bridgehead atoms. The zero-order valence-corrected chi connectivity index (χ0v) is 20.3. The normalized spacial score (nSPS) is 40.9. The molecule has 6 heteroatoms. The molecule has 1 aromatic rings. The standard InChI is InChI=1S/C27H36N2O4/c1-17(30)32-21-7-9-26(3)20(14-21)13-19(15-29-12-11-28-16-29)25-22-5-6-24(33-18(2)31)27(22,4)10-8-23(25)26/h11-13,15-16,21-25H,5-10,14H2,1-4H3/b19-15-. The summed E-state index contributed by atoms with van der Waals surface area (Å²) >= 11 is 0. The van der Waals surface area contributed by atoms with E-state index in [1.54, 1.807) is 0 Å². The lowest BCUT2D eigenvalue weighted by Gasteiger charge is -2.58.